The van der Waals surface area contributed by atoms with Gasteiger partial charge in [-0.2, -0.15) is 0 Å². The van der Waals surface area contributed by atoms with Crippen LogP contribution in [0.15, 0.2) is 23.2 Å². The van der Waals surface area contributed by atoms with Crippen molar-refractivity contribution in [1.82, 2.24) is 0 Å². The third kappa shape index (κ3) is 21.1. The molecule has 1 aliphatic carbocycles. The lowest BCUT2D eigenvalue weighted by atomic mass is 10.00. The van der Waals surface area contributed by atoms with Crippen molar-refractivity contribution in [2.75, 3.05) is 147 Å². The van der Waals surface area contributed by atoms with Crippen LogP contribution in [0.5, 0.6) is 0 Å². The molecule has 0 fully saturated rings. The summed E-state index contributed by atoms with van der Waals surface area (Å²) in [6.45, 7) is 7.94. The van der Waals surface area contributed by atoms with Gasteiger partial charge in [0.1, 0.15) is 19.3 Å². The molecule has 13 heteroatoms. The number of methoxy groups -OCH3 is 3. The highest BCUT2D eigenvalue weighted by Gasteiger charge is 2.27. The predicted octanol–water partition coefficient (Wildman–Crippen LogP) is 0.978. The zero-order valence-corrected chi connectivity index (χ0v) is 25.1. The first kappa shape index (κ1) is 37.7. The quantitative estimate of drug-likeness (QED) is 0.114. The van der Waals surface area contributed by atoms with Crippen LogP contribution in [0, 0.1) is 0 Å². The van der Waals surface area contributed by atoms with E-state index in [0.29, 0.717) is 137 Å². The molecule has 0 unspecified atom stereocenters. The number of aliphatic hydroxyl groups excluding tert-OH is 1. The lowest BCUT2D eigenvalue weighted by molar-refractivity contribution is -0.0351. The summed E-state index contributed by atoms with van der Waals surface area (Å²) in [5.41, 5.74) is 0.779. The highest BCUT2D eigenvalue weighted by Crippen LogP contribution is 2.28. The third-order valence-electron chi connectivity index (χ3n) is 5.45. The van der Waals surface area contributed by atoms with Gasteiger partial charge in [-0.25, -0.2) is 0 Å². The van der Waals surface area contributed by atoms with Crippen molar-refractivity contribution in [3.05, 3.63) is 23.2 Å². The average Bonchev–Trinajstić information content (AvgIpc) is 2.99. The van der Waals surface area contributed by atoms with Crippen molar-refractivity contribution < 1.29 is 61.9 Å². The van der Waals surface area contributed by atoms with Gasteiger partial charge in [-0.1, -0.05) is 0 Å². The maximum Gasteiger partial charge on any atom is 0.167 e. The second kappa shape index (κ2) is 28.7. The van der Waals surface area contributed by atoms with Gasteiger partial charge in [0.2, 0.25) is 0 Å². The SMILES string of the molecule is COCCOCCOCCOC1=C(OCCOCCOCCOC)[C@H](OCCOCCOCCOC)CC(CO)=C1. The van der Waals surface area contributed by atoms with Crippen LogP contribution in [0.25, 0.3) is 0 Å². The number of aliphatic hydroxyl groups is 1. The Morgan fingerprint density at radius 3 is 1.37 bits per heavy atom. The molecule has 41 heavy (non-hydrogen) atoms. The summed E-state index contributed by atoms with van der Waals surface area (Å²) in [5.74, 6) is 1.05. The molecule has 13 nitrogen and oxygen atoms in total. The van der Waals surface area contributed by atoms with Crippen molar-refractivity contribution in [2.24, 2.45) is 0 Å². The second-order valence-electron chi connectivity index (χ2n) is 8.60. The van der Waals surface area contributed by atoms with Gasteiger partial charge in [0.05, 0.1) is 112 Å². The van der Waals surface area contributed by atoms with Crippen molar-refractivity contribution in [1.29, 1.82) is 0 Å². The van der Waals surface area contributed by atoms with Crippen molar-refractivity contribution in [3.8, 4) is 0 Å². The fraction of sp³-hybridized carbons (Fsp3) is 0.857. The molecule has 0 amide bonds. The minimum atomic E-state index is -0.439. The van der Waals surface area contributed by atoms with E-state index >= 15 is 0 Å². The largest absolute Gasteiger partial charge is 0.489 e. The first-order valence-corrected chi connectivity index (χ1v) is 14.1. The van der Waals surface area contributed by atoms with Crippen molar-refractivity contribution in [3.63, 3.8) is 0 Å². The molecule has 0 saturated carbocycles. The minimum Gasteiger partial charge on any atom is -0.489 e. The van der Waals surface area contributed by atoms with E-state index in [1.54, 1.807) is 27.4 Å². The monoisotopic (exact) mass is 596 g/mol. The number of hydrogen-bond acceptors (Lipinski definition) is 13. The predicted molar refractivity (Wildman–Crippen MR) is 149 cm³/mol. The van der Waals surface area contributed by atoms with Crippen LogP contribution in [0.1, 0.15) is 6.42 Å². The van der Waals surface area contributed by atoms with E-state index in [4.69, 9.17) is 56.8 Å². The minimum absolute atomic E-state index is 0.114. The van der Waals surface area contributed by atoms with Gasteiger partial charge < -0.3 is 61.9 Å². The van der Waals surface area contributed by atoms with Gasteiger partial charge in [-0.3, -0.25) is 0 Å². The van der Waals surface area contributed by atoms with E-state index in [2.05, 4.69) is 0 Å². The van der Waals surface area contributed by atoms with E-state index in [0.717, 1.165) is 5.57 Å². The second-order valence-corrected chi connectivity index (χ2v) is 8.60. The van der Waals surface area contributed by atoms with Crippen molar-refractivity contribution >= 4 is 0 Å². The summed E-state index contributed by atoms with van der Waals surface area (Å²) in [4.78, 5) is 0. The molecule has 0 bridgehead atoms. The van der Waals surface area contributed by atoms with Gasteiger partial charge in [0, 0.05) is 27.8 Å². The molecule has 1 atom stereocenters. The summed E-state index contributed by atoms with van der Waals surface area (Å²) in [7, 11) is 4.89. The van der Waals surface area contributed by atoms with Gasteiger partial charge in [0.25, 0.3) is 0 Å². The Balaban J connectivity index is 2.56. The zero-order chi connectivity index (χ0) is 29.6. The van der Waals surface area contributed by atoms with E-state index in [-0.39, 0.29) is 6.61 Å². The average molecular weight is 597 g/mol. The molecule has 242 valence electrons. The standard InChI is InChI=1S/C28H52O13/c1-30-4-7-33-10-13-36-16-19-39-26-22-25(24-29)23-27(40-20-17-37-14-11-34-8-5-31-2)28(26)41-21-18-38-15-12-35-9-6-32-3/h22,27,29H,4-21,23-24H2,1-3H3/t27-/m1/s1. The molecule has 0 aromatic carbocycles. The Hall–Kier alpha value is -1.36. The Labute approximate surface area is 244 Å². The summed E-state index contributed by atoms with van der Waals surface area (Å²) >= 11 is 0. The van der Waals surface area contributed by atoms with Crippen LogP contribution in [-0.4, -0.2) is 158 Å². The van der Waals surface area contributed by atoms with Crippen LogP contribution in [0.3, 0.4) is 0 Å². The first-order valence-electron chi connectivity index (χ1n) is 14.1. The summed E-state index contributed by atoms with van der Waals surface area (Å²) in [5, 5.41) is 9.85. The van der Waals surface area contributed by atoms with Gasteiger partial charge in [-0.05, 0) is 11.6 Å². The van der Waals surface area contributed by atoms with Crippen LogP contribution < -0.4 is 0 Å². The van der Waals surface area contributed by atoms with Crippen LogP contribution in [0.4, 0.5) is 0 Å². The zero-order valence-electron chi connectivity index (χ0n) is 25.1. The molecule has 0 aliphatic heterocycles. The van der Waals surface area contributed by atoms with Gasteiger partial charge in [-0.15, -0.1) is 0 Å². The molecule has 1 rings (SSSR count). The number of rotatable bonds is 31. The Morgan fingerprint density at radius 2 is 0.927 bits per heavy atom. The molecule has 0 saturated heterocycles. The highest BCUT2D eigenvalue weighted by atomic mass is 16.6. The maximum absolute atomic E-state index is 9.85. The van der Waals surface area contributed by atoms with E-state index in [1.807, 2.05) is 0 Å². The molecule has 0 aromatic heterocycles. The Morgan fingerprint density at radius 1 is 0.537 bits per heavy atom. The van der Waals surface area contributed by atoms with Crippen LogP contribution >= 0.6 is 0 Å². The summed E-state index contributed by atoms with van der Waals surface area (Å²) < 4.78 is 66.0. The molecule has 1 aliphatic rings. The van der Waals surface area contributed by atoms with E-state index in [9.17, 15) is 5.11 Å². The highest BCUT2D eigenvalue weighted by molar-refractivity contribution is 5.30. The smallest absolute Gasteiger partial charge is 0.167 e. The first-order chi connectivity index (χ1) is 20.3. The number of allylic oxidation sites excluding steroid dienone is 1. The van der Waals surface area contributed by atoms with Crippen molar-refractivity contribution in [2.45, 2.75) is 12.5 Å². The summed E-state index contributed by atoms with van der Waals surface area (Å²) in [6, 6.07) is 0. The lowest BCUT2D eigenvalue weighted by Crippen LogP contribution is -2.27. The lowest BCUT2D eigenvalue weighted by Gasteiger charge is -2.28. The normalized spacial score (nSPS) is 15.4. The fourth-order valence-electron chi connectivity index (χ4n) is 3.39. The molecule has 0 aromatic rings. The Bertz CT molecular complexity index is 644. The number of hydrogen-bond donors (Lipinski definition) is 1. The maximum atomic E-state index is 9.85. The van der Waals surface area contributed by atoms with Gasteiger partial charge >= 0.3 is 0 Å². The molecule has 0 radical (unpaired) electrons. The Kier molecular flexibility index (Phi) is 26.4. The molecular weight excluding hydrogens is 544 g/mol. The fourth-order valence-corrected chi connectivity index (χ4v) is 3.39. The van der Waals surface area contributed by atoms with Gasteiger partial charge in [0.15, 0.2) is 11.5 Å². The third-order valence-corrected chi connectivity index (χ3v) is 5.45. The molecule has 0 heterocycles. The molecular formula is C28H52O13. The molecule has 0 spiro atoms. The van der Waals surface area contributed by atoms with E-state index in [1.165, 1.54) is 0 Å². The number of ether oxygens (including phenoxy) is 12. The topological polar surface area (TPSA) is 131 Å². The van der Waals surface area contributed by atoms with Crippen LogP contribution in [0.2, 0.25) is 0 Å². The molecule has 1 N–H and O–H groups in total. The van der Waals surface area contributed by atoms with Crippen LogP contribution in [-0.2, 0) is 56.8 Å². The van der Waals surface area contributed by atoms with E-state index < -0.39 is 6.10 Å². The summed E-state index contributed by atoms with van der Waals surface area (Å²) in [6.07, 6.45) is 1.83.